The molecule has 6 heteroatoms. The summed E-state index contributed by atoms with van der Waals surface area (Å²) in [7, 11) is 0. The fourth-order valence-electron chi connectivity index (χ4n) is 4.34. The van der Waals surface area contributed by atoms with Crippen molar-refractivity contribution in [1.29, 1.82) is 0 Å². The van der Waals surface area contributed by atoms with E-state index in [-0.39, 0.29) is 11.7 Å². The van der Waals surface area contributed by atoms with E-state index < -0.39 is 0 Å². The van der Waals surface area contributed by atoms with Gasteiger partial charge in [-0.15, -0.1) is 11.3 Å². The number of hydrogen-bond donors (Lipinski definition) is 0. The van der Waals surface area contributed by atoms with E-state index in [1.165, 1.54) is 0 Å². The SMILES string of the molecule is O=C1O[C@]2(CN3CCC2CC3)CN1c1csc(-c2ccncc2)c1. The number of carbonyl (C=O) groups excluding carboxylic acids is 1. The maximum absolute atomic E-state index is 12.6. The molecule has 24 heavy (non-hydrogen) atoms. The van der Waals surface area contributed by atoms with Gasteiger partial charge in [0.2, 0.25) is 0 Å². The van der Waals surface area contributed by atoms with Gasteiger partial charge in [-0.2, -0.15) is 0 Å². The second-order valence-corrected chi connectivity index (χ2v) is 7.89. The molecule has 2 bridgehead atoms. The Balaban J connectivity index is 1.42. The summed E-state index contributed by atoms with van der Waals surface area (Å²) in [5.41, 5.74) is 1.78. The molecule has 4 aliphatic heterocycles. The number of piperidine rings is 3. The molecule has 2 aromatic rings. The van der Waals surface area contributed by atoms with Gasteiger partial charge < -0.3 is 4.74 Å². The summed E-state index contributed by atoms with van der Waals surface area (Å²) < 4.78 is 5.95. The van der Waals surface area contributed by atoms with Crippen LogP contribution >= 0.6 is 11.3 Å². The number of fused-ring (bicyclic) bond motifs is 2. The Bertz CT molecular complexity index is 770. The standard InChI is InChI=1S/C18H19N3O2S/c22-17-21(12-18(23-17)11-20-7-3-14(18)4-8-20)15-9-16(24-10-15)13-1-5-19-6-2-13/h1-2,5-6,9-10,14H,3-4,7-8,11-12H2/t18-/m1/s1. The fraction of sp³-hybridized carbons (Fsp3) is 0.444. The first-order valence-corrected chi connectivity index (χ1v) is 9.33. The zero-order valence-corrected chi connectivity index (χ0v) is 14.2. The molecule has 4 saturated heterocycles. The van der Waals surface area contributed by atoms with Gasteiger partial charge in [0, 0.05) is 35.1 Å². The van der Waals surface area contributed by atoms with Crippen LogP contribution in [0.3, 0.4) is 0 Å². The van der Waals surface area contributed by atoms with E-state index >= 15 is 0 Å². The largest absolute Gasteiger partial charge is 0.439 e. The van der Waals surface area contributed by atoms with Crippen molar-refractivity contribution in [1.82, 2.24) is 9.88 Å². The summed E-state index contributed by atoms with van der Waals surface area (Å²) in [4.78, 5) is 22.0. The zero-order valence-electron chi connectivity index (χ0n) is 13.4. The van der Waals surface area contributed by atoms with Crippen LogP contribution < -0.4 is 4.90 Å². The summed E-state index contributed by atoms with van der Waals surface area (Å²) in [5.74, 6) is 0.509. The van der Waals surface area contributed by atoms with E-state index in [0.29, 0.717) is 12.5 Å². The van der Waals surface area contributed by atoms with Crippen molar-refractivity contribution in [2.45, 2.75) is 18.4 Å². The topological polar surface area (TPSA) is 45.7 Å². The number of anilines is 1. The highest BCUT2D eigenvalue weighted by molar-refractivity contribution is 7.14. The number of hydrogen-bond acceptors (Lipinski definition) is 5. The van der Waals surface area contributed by atoms with Crippen molar-refractivity contribution in [2.24, 2.45) is 5.92 Å². The molecule has 0 aliphatic carbocycles. The monoisotopic (exact) mass is 341 g/mol. The molecule has 0 N–H and O–H groups in total. The number of nitrogens with zero attached hydrogens (tertiary/aromatic N) is 3. The van der Waals surface area contributed by atoms with Crippen molar-refractivity contribution in [3.8, 4) is 10.4 Å². The Labute approximate surface area is 144 Å². The lowest BCUT2D eigenvalue weighted by atomic mass is 9.75. The molecule has 6 rings (SSSR count). The Morgan fingerprint density at radius 3 is 2.71 bits per heavy atom. The maximum Gasteiger partial charge on any atom is 0.415 e. The maximum atomic E-state index is 12.6. The van der Waals surface area contributed by atoms with Gasteiger partial charge in [0.05, 0.1) is 12.2 Å². The summed E-state index contributed by atoms with van der Waals surface area (Å²) >= 11 is 1.65. The van der Waals surface area contributed by atoms with Crippen LogP contribution in [0.4, 0.5) is 10.5 Å². The highest BCUT2D eigenvalue weighted by atomic mass is 32.1. The average Bonchev–Trinajstić information content (AvgIpc) is 3.22. The van der Waals surface area contributed by atoms with Gasteiger partial charge >= 0.3 is 6.09 Å². The Hall–Kier alpha value is -1.92. The molecular formula is C18H19N3O2S. The van der Waals surface area contributed by atoms with Crippen molar-refractivity contribution in [2.75, 3.05) is 31.1 Å². The highest BCUT2D eigenvalue weighted by Crippen LogP contribution is 2.44. The molecule has 0 saturated carbocycles. The predicted molar refractivity (Wildman–Crippen MR) is 93.3 cm³/mol. The van der Waals surface area contributed by atoms with Gasteiger partial charge in [0.15, 0.2) is 0 Å². The quantitative estimate of drug-likeness (QED) is 0.841. The van der Waals surface area contributed by atoms with E-state index in [1.807, 2.05) is 17.0 Å². The van der Waals surface area contributed by atoms with Gasteiger partial charge in [0.1, 0.15) is 5.60 Å². The number of rotatable bonds is 2. The first-order chi connectivity index (χ1) is 11.7. The van der Waals surface area contributed by atoms with Gasteiger partial charge in [-0.25, -0.2) is 4.79 Å². The molecule has 1 spiro atoms. The van der Waals surface area contributed by atoms with Crippen molar-refractivity contribution < 1.29 is 9.53 Å². The Morgan fingerprint density at radius 2 is 2.00 bits per heavy atom. The first kappa shape index (κ1) is 14.4. The third-order valence-electron chi connectivity index (χ3n) is 5.62. The first-order valence-electron chi connectivity index (χ1n) is 8.45. The highest BCUT2D eigenvalue weighted by Gasteiger charge is 2.55. The molecule has 6 heterocycles. The van der Waals surface area contributed by atoms with Crippen LogP contribution in [-0.4, -0.2) is 47.8 Å². The van der Waals surface area contributed by atoms with Crippen molar-refractivity contribution in [3.05, 3.63) is 36.0 Å². The summed E-state index contributed by atoms with van der Waals surface area (Å²) in [5, 5.41) is 2.05. The lowest BCUT2D eigenvalue weighted by molar-refractivity contribution is -0.0881. The Morgan fingerprint density at radius 1 is 1.21 bits per heavy atom. The third kappa shape index (κ3) is 2.17. The van der Waals surface area contributed by atoms with Crippen LogP contribution in [0.2, 0.25) is 0 Å². The van der Waals surface area contributed by atoms with E-state index in [2.05, 4.69) is 21.3 Å². The van der Waals surface area contributed by atoms with Crippen LogP contribution in [-0.2, 0) is 4.74 Å². The summed E-state index contributed by atoms with van der Waals surface area (Å²) in [6.07, 6.45) is 5.69. The molecule has 0 aromatic carbocycles. The molecule has 4 fully saturated rings. The number of thiophene rings is 1. The number of aromatic nitrogens is 1. The number of carbonyl (C=O) groups is 1. The molecule has 0 unspecified atom stereocenters. The smallest absolute Gasteiger partial charge is 0.415 e. The van der Waals surface area contributed by atoms with Crippen LogP contribution in [0, 0.1) is 5.92 Å². The molecule has 1 atom stereocenters. The van der Waals surface area contributed by atoms with Gasteiger partial charge in [-0.1, -0.05) is 0 Å². The summed E-state index contributed by atoms with van der Waals surface area (Å²) in [6.45, 7) is 3.87. The van der Waals surface area contributed by atoms with E-state index in [1.54, 1.807) is 23.7 Å². The average molecular weight is 341 g/mol. The third-order valence-corrected chi connectivity index (χ3v) is 6.59. The van der Waals surface area contributed by atoms with E-state index in [9.17, 15) is 4.79 Å². The fourth-order valence-corrected chi connectivity index (χ4v) is 5.25. The van der Waals surface area contributed by atoms with Gasteiger partial charge in [0.25, 0.3) is 0 Å². The molecule has 5 nitrogen and oxygen atoms in total. The predicted octanol–water partition coefficient (Wildman–Crippen LogP) is 3.23. The lowest BCUT2D eigenvalue weighted by Crippen LogP contribution is -2.61. The zero-order chi connectivity index (χ0) is 16.1. The minimum atomic E-state index is -0.299. The number of pyridine rings is 1. The summed E-state index contributed by atoms with van der Waals surface area (Å²) in [6, 6.07) is 6.07. The molecule has 1 amide bonds. The van der Waals surface area contributed by atoms with E-state index in [4.69, 9.17) is 4.74 Å². The molecular weight excluding hydrogens is 322 g/mol. The molecule has 124 valence electrons. The van der Waals surface area contributed by atoms with Gasteiger partial charge in [-0.05, 0) is 49.7 Å². The van der Waals surface area contributed by atoms with E-state index in [0.717, 1.165) is 48.6 Å². The van der Waals surface area contributed by atoms with Crippen LogP contribution in [0.15, 0.2) is 36.0 Å². The van der Waals surface area contributed by atoms with Crippen molar-refractivity contribution >= 4 is 23.1 Å². The molecule has 0 radical (unpaired) electrons. The van der Waals surface area contributed by atoms with Crippen molar-refractivity contribution in [3.63, 3.8) is 0 Å². The molecule has 2 aromatic heterocycles. The van der Waals surface area contributed by atoms with Crippen LogP contribution in [0.25, 0.3) is 10.4 Å². The second-order valence-electron chi connectivity index (χ2n) is 6.97. The minimum absolute atomic E-state index is 0.192. The normalized spacial score (nSPS) is 31.7. The molecule has 4 aliphatic rings. The Kier molecular flexibility index (Phi) is 3.18. The van der Waals surface area contributed by atoms with Gasteiger partial charge in [-0.3, -0.25) is 14.8 Å². The van der Waals surface area contributed by atoms with Crippen LogP contribution in [0.1, 0.15) is 12.8 Å². The lowest BCUT2D eigenvalue weighted by Gasteiger charge is -2.49. The minimum Gasteiger partial charge on any atom is -0.439 e. The second kappa shape index (κ2) is 5.29. The number of ether oxygens (including phenoxy) is 1. The van der Waals surface area contributed by atoms with Crippen LogP contribution in [0.5, 0.6) is 0 Å². The number of amides is 1.